The van der Waals surface area contributed by atoms with Gasteiger partial charge in [0.25, 0.3) is 0 Å². The molecule has 1 rings (SSSR count). The van der Waals surface area contributed by atoms with E-state index in [4.69, 9.17) is 9.84 Å². The highest BCUT2D eigenvalue weighted by Crippen LogP contribution is 2.22. The van der Waals surface area contributed by atoms with Gasteiger partial charge in [-0.3, -0.25) is 0 Å². The van der Waals surface area contributed by atoms with Crippen LogP contribution in [-0.4, -0.2) is 32.6 Å². The van der Waals surface area contributed by atoms with Gasteiger partial charge in [-0.1, -0.05) is 6.08 Å². The van der Waals surface area contributed by atoms with Crippen molar-refractivity contribution in [2.45, 2.75) is 17.9 Å². The molecule has 6 nitrogen and oxygen atoms in total. The second kappa shape index (κ2) is 5.85. The number of ether oxygens (including phenoxy) is 1. The normalized spacial score (nSPS) is 12.7. The number of sulfonamides is 1. The summed E-state index contributed by atoms with van der Waals surface area (Å²) in [6.07, 6.45) is 1.43. The Balaban J connectivity index is 3.25. The first-order valence-electron chi connectivity index (χ1n) is 5.38. The number of carboxylic acids is 1. The van der Waals surface area contributed by atoms with Gasteiger partial charge < -0.3 is 9.84 Å². The largest absolute Gasteiger partial charge is 0.496 e. The average Bonchev–Trinajstić information content (AvgIpc) is 2.37. The first kappa shape index (κ1) is 15.2. The summed E-state index contributed by atoms with van der Waals surface area (Å²) in [6, 6.07) is 3.18. The fraction of sp³-hybridized carbons (Fsp3) is 0.250. The Morgan fingerprint density at radius 2 is 2.16 bits per heavy atom. The molecule has 19 heavy (non-hydrogen) atoms. The van der Waals surface area contributed by atoms with Crippen molar-refractivity contribution >= 4 is 16.0 Å². The van der Waals surface area contributed by atoms with Crippen LogP contribution in [0.3, 0.4) is 0 Å². The number of hydrogen-bond donors (Lipinski definition) is 2. The number of carbonyl (C=O) groups is 1. The third kappa shape index (κ3) is 3.55. The van der Waals surface area contributed by atoms with Crippen LogP contribution in [0.5, 0.6) is 5.75 Å². The van der Waals surface area contributed by atoms with Crippen molar-refractivity contribution in [2.24, 2.45) is 0 Å². The Labute approximate surface area is 111 Å². The molecule has 0 aliphatic carbocycles. The van der Waals surface area contributed by atoms with E-state index in [1.54, 1.807) is 6.92 Å². The fourth-order valence-electron chi connectivity index (χ4n) is 1.38. The zero-order valence-electron chi connectivity index (χ0n) is 10.6. The van der Waals surface area contributed by atoms with Gasteiger partial charge in [0.2, 0.25) is 10.0 Å². The van der Waals surface area contributed by atoms with Crippen LogP contribution in [0, 0.1) is 0 Å². The lowest BCUT2D eigenvalue weighted by Gasteiger charge is -2.12. The zero-order chi connectivity index (χ0) is 14.6. The molecule has 1 atom stereocenters. The second-order valence-corrected chi connectivity index (χ2v) is 5.53. The van der Waals surface area contributed by atoms with Crippen molar-refractivity contribution in [3.8, 4) is 5.75 Å². The Kier molecular flexibility index (Phi) is 4.68. The summed E-state index contributed by atoms with van der Waals surface area (Å²) in [4.78, 5) is 10.9. The van der Waals surface area contributed by atoms with Crippen molar-refractivity contribution in [1.29, 1.82) is 0 Å². The molecule has 104 valence electrons. The molecule has 0 spiro atoms. The Bertz CT molecular complexity index is 594. The quantitative estimate of drug-likeness (QED) is 0.767. The van der Waals surface area contributed by atoms with Crippen LogP contribution in [-0.2, 0) is 10.0 Å². The molecule has 0 bridgehead atoms. The molecule has 1 aromatic carbocycles. The van der Waals surface area contributed by atoms with E-state index in [0.717, 1.165) is 6.07 Å². The highest BCUT2D eigenvalue weighted by molar-refractivity contribution is 7.89. The van der Waals surface area contributed by atoms with E-state index in [1.165, 1.54) is 25.3 Å². The van der Waals surface area contributed by atoms with Crippen LogP contribution in [0.25, 0.3) is 0 Å². The van der Waals surface area contributed by atoms with E-state index in [2.05, 4.69) is 11.3 Å². The van der Waals surface area contributed by atoms with Gasteiger partial charge in [0.05, 0.1) is 12.0 Å². The SMILES string of the molecule is C=CC(C)NS(=O)(=O)c1ccc(OC)c(C(=O)O)c1. The number of carboxylic acid groups (broad SMARTS) is 1. The van der Waals surface area contributed by atoms with Gasteiger partial charge in [-0.05, 0) is 25.1 Å². The molecule has 2 N–H and O–H groups in total. The predicted molar refractivity (Wildman–Crippen MR) is 69.9 cm³/mol. The summed E-state index contributed by atoms with van der Waals surface area (Å²) in [5.41, 5.74) is -0.211. The van der Waals surface area contributed by atoms with Gasteiger partial charge in [0.15, 0.2) is 0 Å². The van der Waals surface area contributed by atoms with Crippen molar-refractivity contribution in [3.05, 3.63) is 36.4 Å². The summed E-state index contributed by atoms with van der Waals surface area (Å²) >= 11 is 0. The Hall–Kier alpha value is -1.86. The lowest BCUT2D eigenvalue weighted by molar-refractivity contribution is 0.0693. The number of methoxy groups -OCH3 is 1. The maximum atomic E-state index is 12.0. The van der Waals surface area contributed by atoms with Gasteiger partial charge >= 0.3 is 5.97 Å². The smallest absolute Gasteiger partial charge is 0.339 e. The number of rotatable bonds is 6. The lowest BCUT2D eigenvalue weighted by atomic mass is 10.2. The highest BCUT2D eigenvalue weighted by atomic mass is 32.2. The van der Waals surface area contributed by atoms with Gasteiger partial charge in [0, 0.05) is 6.04 Å². The van der Waals surface area contributed by atoms with Crippen LogP contribution in [0.4, 0.5) is 0 Å². The van der Waals surface area contributed by atoms with E-state index in [1.807, 2.05) is 0 Å². The third-order valence-electron chi connectivity index (χ3n) is 2.41. The van der Waals surface area contributed by atoms with Crippen LogP contribution >= 0.6 is 0 Å². The minimum Gasteiger partial charge on any atom is -0.496 e. The first-order valence-corrected chi connectivity index (χ1v) is 6.86. The van der Waals surface area contributed by atoms with Crippen molar-refractivity contribution in [2.75, 3.05) is 7.11 Å². The average molecular weight is 285 g/mol. The molecule has 0 aliphatic heterocycles. The minimum absolute atomic E-state index is 0.100. The molecule has 0 fully saturated rings. The maximum absolute atomic E-state index is 12.0. The zero-order valence-corrected chi connectivity index (χ0v) is 11.4. The molecule has 0 aliphatic rings. The second-order valence-electron chi connectivity index (χ2n) is 3.81. The van der Waals surface area contributed by atoms with Gasteiger partial charge in [-0.2, -0.15) is 0 Å². The molecule has 0 saturated carbocycles. The van der Waals surface area contributed by atoms with E-state index in [-0.39, 0.29) is 16.2 Å². The standard InChI is InChI=1S/C12H15NO5S/c1-4-8(2)13-19(16,17)9-5-6-11(18-3)10(7-9)12(14)15/h4-8,13H,1H2,2-3H3,(H,14,15). The predicted octanol–water partition coefficient (Wildman–Crippen LogP) is 1.25. The Morgan fingerprint density at radius 3 is 2.63 bits per heavy atom. The first-order chi connectivity index (χ1) is 8.81. The Morgan fingerprint density at radius 1 is 1.53 bits per heavy atom. The minimum atomic E-state index is -3.79. The molecule has 0 heterocycles. The summed E-state index contributed by atoms with van der Waals surface area (Å²) in [7, 11) is -2.48. The van der Waals surface area contributed by atoms with E-state index in [0.29, 0.717) is 0 Å². The fourth-order valence-corrected chi connectivity index (χ4v) is 2.62. The van der Waals surface area contributed by atoms with E-state index in [9.17, 15) is 13.2 Å². The van der Waals surface area contributed by atoms with Crippen LogP contribution < -0.4 is 9.46 Å². The van der Waals surface area contributed by atoms with Gasteiger partial charge in [-0.15, -0.1) is 6.58 Å². The highest BCUT2D eigenvalue weighted by Gasteiger charge is 2.20. The molecule has 0 radical (unpaired) electrons. The lowest BCUT2D eigenvalue weighted by Crippen LogP contribution is -2.31. The van der Waals surface area contributed by atoms with Crippen LogP contribution in [0.2, 0.25) is 0 Å². The molecule has 1 unspecified atom stereocenters. The molecular formula is C12H15NO5S. The number of hydrogen-bond acceptors (Lipinski definition) is 4. The molecule has 0 saturated heterocycles. The molecule has 0 amide bonds. The van der Waals surface area contributed by atoms with Gasteiger partial charge in [0.1, 0.15) is 11.3 Å². The molecular weight excluding hydrogens is 270 g/mol. The van der Waals surface area contributed by atoms with Crippen molar-refractivity contribution in [3.63, 3.8) is 0 Å². The van der Waals surface area contributed by atoms with Gasteiger partial charge in [-0.25, -0.2) is 17.9 Å². The topological polar surface area (TPSA) is 92.7 Å². The number of benzene rings is 1. The maximum Gasteiger partial charge on any atom is 0.339 e. The van der Waals surface area contributed by atoms with Crippen molar-refractivity contribution in [1.82, 2.24) is 4.72 Å². The summed E-state index contributed by atoms with van der Waals surface area (Å²) in [6.45, 7) is 5.09. The summed E-state index contributed by atoms with van der Waals surface area (Å²) in [5, 5.41) is 9.00. The van der Waals surface area contributed by atoms with E-state index < -0.39 is 22.0 Å². The van der Waals surface area contributed by atoms with Crippen LogP contribution in [0.15, 0.2) is 35.7 Å². The third-order valence-corrected chi connectivity index (χ3v) is 3.96. The summed E-state index contributed by atoms with van der Waals surface area (Å²) < 4.78 is 31.2. The molecule has 1 aromatic rings. The summed E-state index contributed by atoms with van der Waals surface area (Å²) in [5.74, 6) is -1.16. The number of aromatic carboxylic acids is 1. The number of nitrogens with one attached hydrogen (secondary N) is 1. The molecule has 0 aromatic heterocycles. The van der Waals surface area contributed by atoms with Crippen molar-refractivity contribution < 1.29 is 23.1 Å². The monoisotopic (exact) mass is 285 g/mol. The van der Waals surface area contributed by atoms with E-state index >= 15 is 0 Å². The molecule has 7 heteroatoms. The van der Waals surface area contributed by atoms with Crippen LogP contribution in [0.1, 0.15) is 17.3 Å².